The minimum atomic E-state index is -4.36. The lowest BCUT2D eigenvalue weighted by atomic mass is 10.1. The highest BCUT2D eigenvalue weighted by Gasteiger charge is 2.33. The number of nitrogens with one attached hydrogen (secondary N) is 1. The van der Waals surface area contributed by atoms with Crippen molar-refractivity contribution in [1.29, 1.82) is 0 Å². The number of anilines is 1. The van der Waals surface area contributed by atoms with Gasteiger partial charge in [-0.3, -0.25) is 0 Å². The number of benzene rings is 2. The van der Waals surface area contributed by atoms with Crippen molar-refractivity contribution in [2.75, 3.05) is 5.32 Å². The molecule has 0 saturated heterocycles. The highest BCUT2D eigenvalue weighted by Crippen LogP contribution is 2.36. The van der Waals surface area contributed by atoms with E-state index in [1.807, 2.05) is 24.3 Å². The molecule has 112 valence electrons. The molecule has 0 radical (unpaired) electrons. The first kappa shape index (κ1) is 15.9. The molecular formula is C16H15BrF3N. The third-order valence-electron chi connectivity index (χ3n) is 3.20. The Morgan fingerprint density at radius 2 is 1.62 bits per heavy atom. The van der Waals surface area contributed by atoms with Gasteiger partial charge in [0.05, 0.1) is 5.56 Å². The molecule has 0 atom stereocenters. The summed E-state index contributed by atoms with van der Waals surface area (Å²) in [6, 6.07) is 12.2. The molecule has 2 aromatic carbocycles. The summed E-state index contributed by atoms with van der Waals surface area (Å²) in [6.07, 6.45) is -3.39. The van der Waals surface area contributed by atoms with Gasteiger partial charge in [-0.05, 0) is 35.7 Å². The Morgan fingerprint density at radius 1 is 1.00 bits per heavy atom. The fourth-order valence-electron chi connectivity index (χ4n) is 1.95. The highest BCUT2D eigenvalue weighted by atomic mass is 79.9. The predicted molar refractivity (Wildman–Crippen MR) is 82.3 cm³/mol. The molecule has 0 fully saturated rings. The molecule has 2 rings (SSSR count). The normalized spacial score (nSPS) is 11.5. The van der Waals surface area contributed by atoms with Gasteiger partial charge in [0.2, 0.25) is 0 Å². The van der Waals surface area contributed by atoms with Crippen molar-refractivity contribution in [3.8, 4) is 0 Å². The monoisotopic (exact) mass is 357 g/mol. The van der Waals surface area contributed by atoms with Gasteiger partial charge in [0.1, 0.15) is 0 Å². The standard InChI is InChI=1S/C16H15BrF3N/c1-2-11-3-5-12(6-4-11)10-21-13-7-8-15(17)14(9-13)16(18,19)20/h3-9,21H,2,10H2,1H3. The van der Waals surface area contributed by atoms with E-state index in [4.69, 9.17) is 0 Å². The van der Waals surface area contributed by atoms with E-state index in [0.29, 0.717) is 12.2 Å². The lowest BCUT2D eigenvalue weighted by molar-refractivity contribution is -0.138. The summed E-state index contributed by atoms with van der Waals surface area (Å²) >= 11 is 2.93. The third-order valence-corrected chi connectivity index (χ3v) is 3.89. The maximum absolute atomic E-state index is 12.8. The zero-order chi connectivity index (χ0) is 15.5. The lowest BCUT2D eigenvalue weighted by Crippen LogP contribution is -2.07. The Morgan fingerprint density at radius 3 is 2.19 bits per heavy atom. The van der Waals surface area contributed by atoms with Crippen LogP contribution in [0.2, 0.25) is 0 Å². The molecule has 0 spiro atoms. The van der Waals surface area contributed by atoms with Crippen LogP contribution < -0.4 is 5.32 Å². The van der Waals surface area contributed by atoms with Gasteiger partial charge in [-0.15, -0.1) is 0 Å². The molecule has 0 aliphatic heterocycles. The zero-order valence-electron chi connectivity index (χ0n) is 11.5. The second-order valence-corrected chi connectivity index (χ2v) is 5.57. The molecule has 1 nitrogen and oxygen atoms in total. The van der Waals surface area contributed by atoms with Crippen LogP contribution in [0.25, 0.3) is 0 Å². The Balaban J connectivity index is 2.09. The van der Waals surface area contributed by atoms with E-state index in [9.17, 15) is 13.2 Å². The van der Waals surface area contributed by atoms with E-state index in [0.717, 1.165) is 18.1 Å². The minimum Gasteiger partial charge on any atom is -0.381 e. The van der Waals surface area contributed by atoms with E-state index >= 15 is 0 Å². The molecule has 5 heteroatoms. The Hall–Kier alpha value is -1.49. The van der Waals surface area contributed by atoms with Crippen molar-refractivity contribution >= 4 is 21.6 Å². The molecule has 0 unspecified atom stereocenters. The van der Waals surface area contributed by atoms with Gasteiger partial charge in [-0.1, -0.05) is 47.1 Å². The summed E-state index contributed by atoms with van der Waals surface area (Å²) in [6.45, 7) is 2.57. The fourth-order valence-corrected chi connectivity index (χ4v) is 2.42. The van der Waals surface area contributed by atoms with Crippen LogP contribution in [0.1, 0.15) is 23.6 Å². The maximum atomic E-state index is 12.8. The first-order valence-electron chi connectivity index (χ1n) is 6.58. The van der Waals surface area contributed by atoms with Crippen molar-refractivity contribution in [1.82, 2.24) is 0 Å². The van der Waals surface area contributed by atoms with Crippen LogP contribution in [0, 0.1) is 0 Å². The Bertz CT molecular complexity index is 606. The number of rotatable bonds is 4. The quantitative estimate of drug-likeness (QED) is 0.746. The molecule has 0 saturated carbocycles. The summed E-state index contributed by atoms with van der Waals surface area (Å²) in [5.74, 6) is 0. The van der Waals surface area contributed by atoms with Crippen LogP contribution in [0.4, 0.5) is 18.9 Å². The van der Waals surface area contributed by atoms with Crippen molar-refractivity contribution in [3.63, 3.8) is 0 Å². The predicted octanol–water partition coefficient (Wildman–Crippen LogP) is 5.64. The van der Waals surface area contributed by atoms with Crippen molar-refractivity contribution in [2.24, 2.45) is 0 Å². The first-order valence-corrected chi connectivity index (χ1v) is 7.38. The Labute approximate surface area is 130 Å². The number of aryl methyl sites for hydroxylation is 1. The number of alkyl halides is 3. The van der Waals surface area contributed by atoms with Gasteiger partial charge in [-0.25, -0.2) is 0 Å². The van der Waals surface area contributed by atoms with Gasteiger partial charge in [0, 0.05) is 16.7 Å². The van der Waals surface area contributed by atoms with E-state index < -0.39 is 11.7 Å². The van der Waals surface area contributed by atoms with Gasteiger partial charge in [-0.2, -0.15) is 13.2 Å². The van der Waals surface area contributed by atoms with E-state index in [-0.39, 0.29) is 4.47 Å². The summed E-state index contributed by atoms with van der Waals surface area (Å²) < 4.78 is 38.5. The van der Waals surface area contributed by atoms with Crippen LogP contribution in [-0.4, -0.2) is 0 Å². The zero-order valence-corrected chi connectivity index (χ0v) is 13.1. The second-order valence-electron chi connectivity index (χ2n) is 4.72. The topological polar surface area (TPSA) is 12.0 Å². The number of halogens is 4. The molecule has 0 amide bonds. The largest absolute Gasteiger partial charge is 0.417 e. The smallest absolute Gasteiger partial charge is 0.381 e. The van der Waals surface area contributed by atoms with E-state index in [1.54, 1.807) is 6.07 Å². The summed E-state index contributed by atoms with van der Waals surface area (Å²) in [4.78, 5) is 0. The maximum Gasteiger partial charge on any atom is 0.417 e. The molecule has 0 heterocycles. The van der Waals surface area contributed by atoms with Crippen LogP contribution in [0.3, 0.4) is 0 Å². The van der Waals surface area contributed by atoms with Crippen LogP contribution in [0.5, 0.6) is 0 Å². The SMILES string of the molecule is CCc1ccc(CNc2ccc(Br)c(C(F)(F)F)c2)cc1. The van der Waals surface area contributed by atoms with Crippen molar-refractivity contribution < 1.29 is 13.2 Å². The van der Waals surface area contributed by atoms with Gasteiger partial charge in [0.15, 0.2) is 0 Å². The van der Waals surface area contributed by atoms with Gasteiger partial charge < -0.3 is 5.32 Å². The summed E-state index contributed by atoms with van der Waals surface area (Å²) in [5.41, 5.74) is 2.05. The summed E-state index contributed by atoms with van der Waals surface area (Å²) in [7, 11) is 0. The third kappa shape index (κ3) is 4.24. The number of hydrogen-bond donors (Lipinski definition) is 1. The van der Waals surface area contributed by atoms with Crippen LogP contribution >= 0.6 is 15.9 Å². The van der Waals surface area contributed by atoms with E-state index in [1.165, 1.54) is 11.6 Å². The van der Waals surface area contributed by atoms with Crippen molar-refractivity contribution in [2.45, 2.75) is 26.1 Å². The van der Waals surface area contributed by atoms with Gasteiger partial charge in [0.25, 0.3) is 0 Å². The average Bonchev–Trinajstić information content (AvgIpc) is 2.45. The average molecular weight is 358 g/mol. The first-order chi connectivity index (χ1) is 9.90. The Kier molecular flexibility index (Phi) is 4.93. The van der Waals surface area contributed by atoms with Gasteiger partial charge >= 0.3 is 6.18 Å². The molecular weight excluding hydrogens is 343 g/mol. The molecule has 2 aromatic rings. The van der Waals surface area contributed by atoms with Crippen molar-refractivity contribution in [3.05, 3.63) is 63.6 Å². The molecule has 0 aromatic heterocycles. The summed E-state index contributed by atoms with van der Waals surface area (Å²) in [5, 5.41) is 3.02. The second kappa shape index (κ2) is 6.52. The molecule has 21 heavy (non-hydrogen) atoms. The molecule has 0 aliphatic carbocycles. The molecule has 0 aliphatic rings. The highest BCUT2D eigenvalue weighted by molar-refractivity contribution is 9.10. The number of hydrogen-bond acceptors (Lipinski definition) is 1. The lowest BCUT2D eigenvalue weighted by Gasteiger charge is -2.12. The molecule has 1 N–H and O–H groups in total. The minimum absolute atomic E-state index is 0.0489. The van der Waals surface area contributed by atoms with Crippen LogP contribution in [-0.2, 0) is 19.1 Å². The van der Waals surface area contributed by atoms with Crippen LogP contribution in [0.15, 0.2) is 46.9 Å². The molecule has 0 bridgehead atoms. The fraction of sp³-hybridized carbons (Fsp3) is 0.250. The van der Waals surface area contributed by atoms with E-state index in [2.05, 4.69) is 28.2 Å².